The average molecular weight is 340 g/mol. The number of amides is 1. The van der Waals surface area contributed by atoms with Crippen molar-refractivity contribution in [1.29, 1.82) is 0 Å². The summed E-state index contributed by atoms with van der Waals surface area (Å²) in [5.41, 5.74) is 0. The van der Waals surface area contributed by atoms with Gasteiger partial charge in [0.2, 0.25) is 15.9 Å². The smallest absolute Gasteiger partial charge is 0.222 e. The number of carbonyl (C=O) groups is 1. The van der Waals surface area contributed by atoms with Crippen molar-refractivity contribution in [3.05, 3.63) is 18.7 Å². The Morgan fingerprint density at radius 1 is 1.30 bits per heavy atom. The highest BCUT2D eigenvalue weighted by Gasteiger charge is 2.40. The van der Waals surface area contributed by atoms with Crippen molar-refractivity contribution >= 4 is 15.9 Å². The molecule has 3 heterocycles. The fraction of sp³-hybridized carbons (Fsp3) is 0.733. The van der Waals surface area contributed by atoms with Crippen LogP contribution in [0.4, 0.5) is 0 Å². The van der Waals surface area contributed by atoms with Crippen molar-refractivity contribution in [2.75, 3.05) is 25.9 Å². The minimum Gasteiger partial charge on any atom is -0.339 e. The zero-order valence-electron chi connectivity index (χ0n) is 13.5. The molecule has 0 spiro atoms. The van der Waals surface area contributed by atoms with Gasteiger partial charge in [-0.1, -0.05) is 0 Å². The Morgan fingerprint density at radius 3 is 2.83 bits per heavy atom. The molecule has 1 aromatic rings. The fourth-order valence-electron chi connectivity index (χ4n) is 3.75. The van der Waals surface area contributed by atoms with Crippen molar-refractivity contribution < 1.29 is 13.2 Å². The van der Waals surface area contributed by atoms with Gasteiger partial charge in [0.25, 0.3) is 0 Å². The minimum absolute atomic E-state index is 0.192. The second-order valence-corrected chi connectivity index (χ2v) is 8.50. The first-order valence-electron chi connectivity index (χ1n) is 8.15. The Morgan fingerprint density at radius 2 is 2.13 bits per heavy atom. The van der Waals surface area contributed by atoms with Crippen molar-refractivity contribution in [2.24, 2.45) is 5.92 Å². The normalized spacial score (nSPS) is 26.3. The van der Waals surface area contributed by atoms with Crippen LogP contribution in [0.15, 0.2) is 18.7 Å². The molecule has 23 heavy (non-hydrogen) atoms. The van der Waals surface area contributed by atoms with E-state index in [1.807, 2.05) is 15.7 Å². The number of fused-ring (bicyclic) bond motifs is 1. The number of carbonyl (C=O) groups excluding carboxylic acids is 1. The maximum absolute atomic E-state index is 12.3. The number of aromatic nitrogens is 2. The molecule has 1 aromatic heterocycles. The van der Waals surface area contributed by atoms with Gasteiger partial charge in [-0.2, -0.15) is 0 Å². The predicted molar refractivity (Wildman–Crippen MR) is 86.1 cm³/mol. The van der Waals surface area contributed by atoms with E-state index in [0.29, 0.717) is 19.5 Å². The lowest BCUT2D eigenvalue weighted by molar-refractivity contribution is -0.140. The molecule has 0 radical (unpaired) electrons. The monoisotopic (exact) mass is 340 g/mol. The van der Waals surface area contributed by atoms with Crippen molar-refractivity contribution in [3.8, 4) is 0 Å². The third-order valence-electron chi connectivity index (χ3n) is 4.95. The SMILES string of the molecule is CS(=O)(=O)N1CC[C@@H]2[C@@H](CCC(=O)N2CCCn2ccnc2)C1. The molecule has 0 unspecified atom stereocenters. The molecule has 0 saturated carbocycles. The van der Waals surface area contributed by atoms with Crippen LogP contribution < -0.4 is 0 Å². The second kappa shape index (κ2) is 6.60. The molecule has 3 rings (SSSR count). The zero-order chi connectivity index (χ0) is 16.4. The average Bonchev–Trinajstić information content (AvgIpc) is 3.01. The lowest BCUT2D eigenvalue weighted by atomic mass is 9.84. The topological polar surface area (TPSA) is 75.5 Å². The largest absolute Gasteiger partial charge is 0.339 e. The van der Waals surface area contributed by atoms with Gasteiger partial charge in [-0.05, 0) is 25.2 Å². The van der Waals surface area contributed by atoms with Crippen molar-refractivity contribution in [3.63, 3.8) is 0 Å². The summed E-state index contributed by atoms with van der Waals surface area (Å²) in [6.45, 7) is 2.65. The number of hydrogen-bond acceptors (Lipinski definition) is 4. The Bertz CT molecular complexity index is 644. The van der Waals surface area contributed by atoms with E-state index in [0.717, 1.165) is 32.4 Å². The first kappa shape index (κ1) is 16.4. The highest BCUT2D eigenvalue weighted by molar-refractivity contribution is 7.88. The van der Waals surface area contributed by atoms with Gasteiger partial charge in [0.05, 0.1) is 12.6 Å². The maximum atomic E-state index is 12.3. The van der Waals surface area contributed by atoms with E-state index in [2.05, 4.69) is 4.98 Å². The fourth-order valence-corrected chi connectivity index (χ4v) is 4.65. The Balaban J connectivity index is 1.60. The van der Waals surface area contributed by atoms with Gasteiger partial charge in [0, 0.05) is 51.0 Å². The molecule has 7 nitrogen and oxygen atoms in total. The zero-order valence-corrected chi connectivity index (χ0v) is 14.3. The molecule has 0 N–H and O–H groups in total. The van der Waals surface area contributed by atoms with E-state index in [1.165, 1.54) is 6.26 Å². The number of sulfonamides is 1. The van der Waals surface area contributed by atoms with E-state index >= 15 is 0 Å². The minimum atomic E-state index is -3.13. The third-order valence-corrected chi connectivity index (χ3v) is 6.22. The molecule has 8 heteroatoms. The maximum Gasteiger partial charge on any atom is 0.222 e. The van der Waals surface area contributed by atoms with Crippen LogP contribution in [0.25, 0.3) is 0 Å². The summed E-state index contributed by atoms with van der Waals surface area (Å²) in [5.74, 6) is 0.481. The highest BCUT2D eigenvalue weighted by atomic mass is 32.2. The molecular weight excluding hydrogens is 316 g/mol. The Labute approximate surface area is 137 Å². The number of piperidine rings is 2. The van der Waals surface area contributed by atoms with E-state index in [4.69, 9.17) is 0 Å². The van der Waals surface area contributed by atoms with Crippen LogP contribution in [0, 0.1) is 5.92 Å². The van der Waals surface area contributed by atoms with Crippen LogP contribution in [0.5, 0.6) is 0 Å². The van der Waals surface area contributed by atoms with E-state index < -0.39 is 10.0 Å². The van der Waals surface area contributed by atoms with Gasteiger partial charge in [-0.25, -0.2) is 17.7 Å². The highest BCUT2D eigenvalue weighted by Crippen LogP contribution is 2.32. The number of rotatable bonds is 5. The van der Waals surface area contributed by atoms with Gasteiger partial charge in [0.15, 0.2) is 0 Å². The summed E-state index contributed by atoms with van der Waals surface area (Å²) >= 11 is 0. The second-order valence-electron chi connectivity index (χ2n) is 6.52. The summed E-state index contributed by atoms with van der Waals surface area (Å²) in [6.07, 6.45) is 9.69. The molecule has 0 aromatic carbocycles. The van der Waals surface area contributed by atoms with Crippen LogP contribution in [-0.2, 0) is 21.4 Å². The molecule has 0 aliphatic carbocycles. The summed E-state index contributed by atoms with van der Waals surface area (Å²) in [7, 11) is -3.13. The Kier molecular flexibility index (Phi) is 4.72. The number of imidazole rings is 1. The lowest BCUT2D eigenvalue weighted by Crippen LogP contribution is -2.56. The van der Waals surface area contributed by atoms with Gasteiger partial charge in [-0.3, -0.25) is 4.79 Å². The number of hydrogen-bond donors (Lipinski definition) is 0. The standard InChI is InChI=1S/C15H24N4O3S/c1-23(21,22)18-9-5-14-13(11-18)3-4-15(20)19(14)8-2-7-17-10-6-16-12-17/h6,10,12-14H,2-5,7-9,11H2,1H3/t13-,14+/m0/s1. The van der Waals surface area contributed by atoms with Crippen LogP contribution in [0.3, 0.4) is 0 Å². The van der Waals surface area contributed by atoms with Crippen LogP contribution in [-0.4, -0.2) is 65.0 Å². The quantitative estimate of drug-likeness (QED) is 0.784. The van der Waals surface area contributed by atoms with Gasteiger partial charge in [-0.15, -0.1) is 0 Å². The van der Waals surface area contributed by atoms with Crippen LogP contribution >= 0.6 is 0 Å². The summed E-state index contributed by atoms with van der Waals surface area (Å²) in [5, 5.41) is 0. The number of nitrogens with zero attached hydrogens (tertiary/aromatic N) is 4. The van der Waals surface area contributed by atoms with Crippen LogP contribution in [0.2, 0.25) is 0 Å². The summed E-state index contributed by atoms with van der Waals surface area (Å²) in [4.78, 5) is 18.3. The molecule has 2 saturated heterocycles. The molecule has 2 atom stereocenters. The number of likely N-dealkylation sites (tertiary alicyclic amines) is 1. The molecule has 1 amide bonds. The molecular formula is C15H24N4O3S. The third kappa shape index (κ3) is 3.74. The predicted octanol–water partition coefficient (Wildman–Crippen LogP) is 0.546. The lowest BCUT2D eigenvalue weighted by Gasteiger charge is -2.46. The first-order chi connectivity index (χ1) is 10.9. The molecule has 2 fully saturated rings. The van der Waals surface area contributed by atoms with E-state index in [9.17, 15) is 13.2 Å². The van der Waals surface area contributed by atoms with Gasteiger partial charge in [0.1, 0.15) is 0 Å². The number of aryl methyl sites for hydroxylation is 1. The first-order valence-corrected chi connectivity index (χ1v) is 10.0. The molecule has 2 aliphatic heterocycles. The van der Waals surface area contributed by atoms with Gasteiger partial charge >= 0.3 is 0 Å². The Hall–Kier alpha value is -1.41. The van der Waals surface area contributed by atoms with E-state index in [1.54, 1.807) is 16.8 Å². The van der Waals surface area contributed by atoms with Gasteiger partial charge < -0.3 is 9.47 Å². The van der Waals surface area contributed by atoms with Crippen LogP contribution in [0.1, 0.15) is 25.7 Å². The van der Waals surface area contributed by atoms with Crippen molar-refractivity contribution in [2.45, 2.75) is 38.3 Å². The molecule has 0 bridgehead atoms. The van der Waals surface area contributed by atoms with Crippen molar-refractivity contribution in [1.82, 2.24) is 18.8 Å². The van der Waals surface area contributed by atoms with E-state index in [-0.39, 0.29) is 17.9 Å². The summed E-state index contributed by atoms with van der Waals surface area (Å²) < 4.78 is 27.1. The molecule has 128 valence electrons. The molecule has 2 aliphatic rings. The summed E-state index contributed by atoms with van der Waals surface area (Å²) in [6, 6.07) is 0.192.